The lowest BCUT2D eigenvalue weighted by atomic mass is 9.97. The molecule has 5 nitrogen and oxygen atoms in total. The first-order valence-electron chi connectivity index (χ1n) is 9.02. The Labute approximate surface area is 162 Å². The van der Waals surface area contributed by atoms with Gasteiger partial charge in [0, 0.05) is 0 Å². The molecule has 27 heavy (non-hydrogen) atoms. The van der Waals surface area contributed by atoms with E-state index >= 15 is 0 Å². The van der Waals surface area contributed by atoms with Crippen LogP contribution in [0.2, 0.25) is 0 Å². The summed E-state index contributed by atoms with van der Waals surface area (Å²) < 4.78 is 25.6. The van der Waals surface area contributed by atoms with Gasteiger partial charge in [0.05, 0.1) is 18.0 Å². The van der Waals surface area contributed by atoms with Crippen LogP contribution in [0.5, 0.6) is 0 Å². The molecule has 0 aliphatic carbocycles. The van der Waals surface area contributed by atoms with Crippen molar-refractivity contribution in [3.63, 3.8) is 0 Å². The first-order chi connectivity index (χ1) is 12.6. The Morgan fingerprint density at radius 2 is 1.63 bits per heavy atom. The summed E-state index contributed by atoms with van der Waals surface area (Å²) >= 11 is 0. The van der Waals surface area contributed by atoms with Gasteiger partial charge in [0.15, 0.2) is 0 Å². The summed E-state index contributed by atoms with van der Waals surface area (Å²) in [4.78, 5) is 12.6. The van der Waals surface area contributed by atoms with E-state index in [0.29, 0.717) is 5.69 Å². The van der Waals surface area contributed by atoms with Crippen LogP contribution in [0.4, 0.5) is 5.69 Å². The van der Waals surface area contributed by atoms with Crippen LogP contribution >= 0.6 is 0 Å². The molecule has 0 radical (unpaired) electrons. The van der Waals surface area contributed by atoms with Crippen LogP contribution in [-0.4, -0.2) is 27.1 Å². The molecule has 1 amide bonds. The SMILES string of the molecule is CC[C@@H](NC(=O)CN(c1ccc(C)cc1)S(C)(=O)=O)c1ccc(C)cc1C. The molecule has 0 bridgehead atoms. The minimum absolute atomic E-state index is 0.155. The van der Waals surface area contributed by atoms with Crippen molar-refractivity contribution in [2.24, 2.45) is 0 Å². The molecule has 0 saturated carbocycles. The molecule has 0 heterocycles. The molecule has 0 saturated heterocycles. The van der Waals surface area contributed by atoms with Crippen molar-refractivity contribution in [3.8, 4) is 0 Å². The van der Waals surface area contributed by atoms with Crippen LogP contribution in [0.25, 0.3) is 0 Å². The molecule has 0 aliphatic heterocycles. The third-order valence-electron chi connectivity index (χ3n) is 4.55. The fourth-order valence-corrected chi connectivity index (χ4v) is 3.95. The van der Waals surface area contributed by atoms with Gasteiger partial charge in [0.2, 0.25) is 15.9 Å². The largest absolute Gasteiger partial charge is 0.348 e. The maximum atomic E-state index is 12.6. The van der Waals surface area contributed by atoms with Gasteiger partial charge in [-0.1, -0.05) is 48.4 Å². The zero-order chi connectivity index (χ0) is 20.2. The first kappa shape index (κ1) is 21.0. The summed E-state index contributed by atoms with van der Waals surface area (Å²) in [5.74, 6) is -0.326. The molecule has 1 N–H and O–H groups in total. The van der Waals surface area contributed by atoms with Crippen LogP contribution < -0.4 is 9.62 Å². The van der Waals surface area contributed by atoms with Gasteiger partial charge < -0.3 is 5.32 Å². The lowest BCUT2D eigenvalue weighted by Gasteiger charge is -2.25. The number of benzene rings is 2. The topological polar surface area (TPSA) is 66.5 Å². The second-order valence-electron chi connectivity index (χ2n) is 6.99. The minimum atomic E-state index is -3.57. The molecule has 146 valence electrons. The van der Waals surface area contributed by atoms with E-state index in [2.05, 4.69) is 11.4 Å². The van der Waals surface area contributed by atoms with Gasteiger partial charge in [0.25, 0.3) is 0 Å². The molecule has 0 unspecified atom stereocenters. The van der Waals surface area contributed by atoms with Crippen molar-refractivity contribution in [1.29, 1.82) is 0 Å². The van der Waals surface area contributed by atoms with Crippen LogP contribution in [0.15, 0.2) is 42.5 Å². The van der Waals surface area contributed by atoms with Crippen molar-refractivity contribution in [3.05, 3.63) is 64.7 Å². The van der Waals surface area contributed by atoms with Gasteiger partial charge in [-0.25, -0.2) is 8.42 Å². The normalized spacial score (nSPS) is 12.5. The Morgan fingerprint density at radius 3 is 2.15 bits per heavy atom. The van der Waals surface area contributed by atoms with Crippen molar-refractivity contribution in [2.75, 3.05) is 17.1 Å². The highest BCUT2D eigenvalue weighted by Gasteiger charge is 2.23. The van der Waals surface area contributed by atoms with E-state index in [-0.39, 0.29) is 18.5 Å². The lowest BCUT2D eigenvalue weighted by molar-refractivity contribution is -0.120. The third kappa shape index (κ3) is 5.57. The van der Waals surface area contributed by atoms with E-state index in [1.54, 1.807) is 12.1 Å². The number of nitrogens with one attached hydrogen (secondary N) is 1. The van der Waals surface area contributed by atoms with Crippen molar-refractivity contribution < 1.29 is 13.2 Å². The fraction of sp³-hybridized carbons (Fsp3) is 0.381. The standard InChI is InChI=1S/C21H28N2O3S/c1-6-20(19-12-9-16(3)13-17(19)4)22-21(24)14-23(27(5,25)26)18-10-7-15(2)8-11-18/h7-13,20H,6,14H2,1-5H3,(H,22,24)/t20-/m1/s1. The molecule has 0 aromatic heterocycles. The highest BCUT2D eigenvalue weighted by molar-refractivity contribution is 7.92. The summed E-state index contributed by atoms with van der Waals surface area (Å²) in [7, 11) is -3.57. The van der Waals surface area contributed by atoms with Gasteiger partial charge in [-0.05, 0) is 50.5 Å². The highest BCUT2D eigenvalue weighted by Crippen LogP contribution is 2.22. The van der Waals surface area contributed by atoms with E-state index in [9.17, 15) is 13.2 Å². The third-order valence-corrected chi connectivity index (χ3v) is 5.69. The Hall–Kier alpha value is -2.34. The second-order valence-corrected chi connectivity index (χ2v) is 8.90. The highest BCUT2D eigenvalue weighted by atomic mass is 32.2. The zero-order valence-electron chi connectivity index (χ0n) is 16.6. The summed E-state index contributed by atoms with van der Waals surface area (Å²) in [5.41, 5.74) is 4.84. The van der Waals surface area contributed by atoms with Crippen LogP contribution in [0.1, 0.15) is 41.6 Å². The summed E-state index contributed by atoms with van der Waals surface area (Å²) in [6, 6.07) is 13.1. The lowest BCUT2D eigenvalue weighted by Crippen LogP contribution is -2.41. The smallest absolute Gasteiger partial charge is 0.241 e. The van der Waals surface area contributed by atoms with Gasteiger partial charge in [0.1, 0.15) is 6.54 Å². The van der Waals surface area contributed by atoms with Crippen molar-refractivity contribution >= 4 is 21.6 Å². The Bertz CT molecular complexity index is 906. The van der Waals surface area contributed by atoms with Gasteiger partial charge in [-0.2, -0.15) is 0 Å². The van der Waals surface area contributed by atoms with E-state index in [0.717, 1.165) is 33.7 Å². The quantitative estimate of drug-likeness (QED) is 0.787. The number of anilines is 1. The second kappa shape index (κ2) is 8.57. The number of nitrogens with zero attached hydrogens (tertiary/aromatic N) is 1. The Kier molecular flexibility index (Phi) is 6.65. The van der Waals surface area contributed by atoms with Crippen molar-refractivity contribution in [2.45, 2.75) is 40.2 Å². The minimum Gasteiger partial charge on any atom is -0.348 e. The molecular weight excluding hydrogens is 360 g/mol. The Morgan fingerprint density at radius 1 is 1.04 bits per heavy atom. The van der Waals surface area contributed by atoms with Gasteiger partial charge in [-0.15, -0.1) is 0 Å². The van der Waals surface area contributed by atoms with Crippen molar-refractivity contribution in [1.82, 2.24) is 5.32 Å². The summed E-state index contributed by atoms with van der Waals surface area (Å²) in [6.07, 6.45) is 1.83. The molecule has 2 aromatic rings. The summed E-state index contributed by atoms with van der Waals surface area (Å²) in [5, 5.41) is 2.98. The number of aryl methyl sites for hydroxylation is 3. The first-order valence-corrected chi connectivity index (χ1v) is 10.9. The number of rotatable bonds is 7. The molecule has 2 rings (SSSR count). The fourth-order valence-electron chi connectivity index (χ4n) is 3.10. The monoisotopic (exact) mass is 388 g/mol. The molecule has 0 spiro atoms. The maximum Gasteiger partial charge on any atom is 0.241 e. The van der Waals surface area contributed by atoms with Crippen LogP contribution in [-0.2, 0) is 14.8 Å². The van der Waals surface area contributed by atoms with Crippen LogP contribution in [0, 0.1) is 20.8 Å². The number of hydrogen-bond donors (Lipinski definition) is 1. The average molecular weight is 389 g/mol. The zero-order valence-corrected chi connectivity index (χ0v) is 17.4. The number of carbonyl (C=O) groups excluding carboxylic acids is 1. The van der Waals surface area contributed by atoms with Gasteiger partial charge >= 0.3 is 0 Å². The number of hydrogen-bond acceptors (Lipinski definition) is 3. The van der Waals surface area contributed by atoms with Gasteiger partial charge in [-0.3, -0.25) is 9.10 Å². The van der Waals surface area contributed by atoms with Crippen LogP contribution in [0.3, 0.4) is 0 Å². The predicted octanol–water partition coefficient (Wildman–Crippen LogP) is 3.65. The van der Waals surface area contributed by atoms with E-state index in [4.69, 9.17) is 0 Å². The Balaban J connectivity index is 2.20. The molecule has 0 aliphatic rings. The number of carbonyl (C=O) groups is 1. The molecular formula is C21H28N2O3S. The molecule has 2 aromatic carbocycles. The molecule has 0 fully saturated rings. The van der Waals surface area contributed by atoms with E-state index in [1.807, 2.05) is 52.0 Å². The average Bonchev–Trinajstić information content (AvgIpc) is 2.58. The van der Waals surface area contributed by atoms with E-state index < -0.39 is 10.0 Å². The summed E-state index contributed by atoms with van der Waals surface area (Å²) in [6.45, 7) is 7.73. The predicted molar refractivity (Wildman–Crippen MR) is 110 cm³/mol. The number of amides is 1. The maximum absolute atomic E-state index is 12.6. The number of sulfonamides is 1. The molecule has 1 atom stereocenters. The molecule has 6 heteroatoms. The van der Waals surface area contributed by atoms with E-state index in [1.165, 1.54) is 5.56 Å².